The van der Waals surface area contributed by atoms with E-state index in [2.05, 4.69) is 27.4 Å². The normalized spacial score (nSPS) is 11.8. The molecule has 0 fully saturated rings. The fourth-order valence-electron chi connectivity index (χ4n) is 1.35. The van der Waals surface area contributed by atoms with Crippen molar-refractivity contribution in [1.29, 1.82) is 0 Å². The first-order valence-electron chi connectivity index (χ1n) is 4.58. The molecule has 0 amide bonds. The molecule has 9 heteroatoms. The molecule has 0 aliphatic carbocycles. The Morgan fingerprint density at radius 2 is 2.17 bits per heavy atom. The smallest absolute Gasteiger partial charge is 0.433 e. The molecule has 2 heterocycles. The maximum atomic E-state index is 12.6. The van der Waals surface area contributed by atoms with Crippen LogP contribution in [0.15, 0.2) is 17.3 Å². The Morgan fingerprint density at radius 1 is 1.50 bits per heavy atom. The first-order valence-corrected chi connectivity index (χ1v) is 5.02. The predicted octanol–water partition coefficient (Wildman–Crippen LogP) is 1.82. The first kappa shape index (κ1) is 12.7. The summed E-state index contributed by atoms with van der Waals surface area (Å²) in [5.74, 6) is -0.815. The van der Waals surface area contributed by atoms with Crippen LogP contribution in [-0.4, -0.2) is 27.7 Å². The highest BCUT2D eigenvalue weighted by Crippen LogP contribution is 2.30. The molecule has 0 spiro atoms. The van der Waals surface area contributed by atoms with Gasteiger partial charge in [0.05, 0.1) is 18.3 Å². The molecular formula is C9H6F3N3O2S. The lowest BCUT2D eigenvalue weighted by molar-refractivity contribution is -0.141. The van der Waals surface area contributed by atoms with Crippen LogP contribution >= 0.6 is 12.6 Å². The number of methoxy groups -OCH3 is 1. The molecule has 0 aliphatic rings. The summed E-state index contributed by atoms with van der Waals surface area (Å²) < 4.78 is 43.2. The van der Waals surface area contributed by atoms with E-state index in [-0.39, 0.29) is 16.2 Å². The predicted molar refractivity (Wildman–Crippen MR) is 56.6 cm³/mol. The minimum atomic E-state index is -4.63. The average molecular weight is 277 g/mol. The number of fused-ring (bicyclic) bond motifs is 1. The SMILES string of the molecule is COC(=O)c1cnn2c(S)cc(C(F)(F)F)nc12. The summed E-state index contributed by atoms with van der Waals surface area (Å²) in [7, 11) is 1.11. The van der Waals surface area contributed by atoms with E-state index >= 15 is 0 Å². The largest absolute Gasteiger partial charge is 0.465 e. The summed E-state index contributed by atoms with van der Waals surface area (Å²) >= 11 is 3.87. The van der Waals surface area contributed by atoms with Crippen LogP contribution in [0.4, 0.5) is 13.2 Å². The van der Waals surface area contributed by atoms with Crippen LogP contribution in [-0.2, 0) is 10.9 Å². The lowest BCUT2D eigenvalue weighted by Crippen LogP contribution is -2.11. The van der Waals surface area contributed by atoms with Gasteiger partial charge >= 0.3 is 12.1 Å². The number of ether oxygens (including phenoxy) is 1. The lowest BCUT2D eigenvalue weighted by atomic mass is 10.3. The zero-order valence-corrected chi connectivity index (χ0v) is 9.79. The van der Waals surface area contributed by atoms with Gasteiger partial charge in [0.15, 0.2) is 5.65 Å². The van der Waals surface area contributed by atoms with Gasteiger partial charge in [-0.2, -0.15) is 18.3 Å². The van der Waals surface area contributed by atoms with Gasteiger partial charge in [0.1, 0.15) is 11.3 Å². The average Bonchev–Trinajstić information content (AvgIpc) is 2.71. The van der Waals surface area contributed by atoms with Gasteiger partial charge < -0.3 is 4.74 Å². The Hall–Kier alpha value is -1.77. The van der Waals surface area contributed by atoms with Crippen LogP contribution in [0.1, 0.15) is 16.1 Å². The Morgan fingerprint density at radius 3 is 2.72 bits per heavy atom. The van der Waals surface area contributed by atoms with Gasteiger partial charge in [-0.25, -0.2) is 14.3 Å². The van der Waals surface area contributed by atoms with E-state index in [1.54, 1.807) is 0 Å². The molecule has 2 rings (SSSR count). The number of rotatable bonds is 1. The van der Waals surface area contributed by atoms with Crippen molar-refractivity contribution in [2.24, 2.45) is 0 Å². The van der Waals surface area contributed by atoms with Crippen molar-refractivity contribution < 1.29 is 22.7 Å². The molecule has 0 aliphatic heterocycles. The second-order valence-electron chi connectivity index (χ2n) is 3.28. The number of hydrogen-bond acceptors (Lipinski definition) is 5. The molecule has 0 aromatic carbocycles. The van der Waals surface area contributed by atoms with Crippen LogP contribution < -0.4 is 0 Å². The number of halogens is 3. The van der Waals surface area contributed by atoms with Gasteiger partial charge in [0.2, 0.25) is 0 Å². The molecule has 0 saturated carbocycles. The van der Waals surface area contributed by atoms with Crippen molar-refractivity contribution in [1.82, 2.24) is 14.6 Å². The molecular weight excluding hydrogens is 271 g/mol. The molecule has 0 atom stereocenters. The van der Waals surface area contributed by atoms with Gasteiger partial charge in [0.25, 0.3) is 0 Å². The fraction of sp³-hybridized carbons (Fsp3) is 0.222. The quantitative estimate of drug-likeness (QED) is 0.491. The van der Waals surface area contributed by atoms with Crippen molar-refractivity contribution >= 4 is 24.2 Å². The van der Waals surface area contributed by atoms with E-state index in [9.17, 15) is 18.0 Å². The highest BCUT2D eigenvalue weighted by Gasteiger charge is 2.34. The summed E-state index contributed by atoms with van der Waals surface area (Å²) in [5.41, 5.74) is -1.55. The maximum Gasteiger partial charge on any atom is 0.433 e. The van der Waals surface area contributed by atoms with Gasteiger partial charge in [-0.15, -0.1) is 12.6 Å². The van der Waals surface area contributed by atoms with Gasteiger partial charge in [0, 0.05) is 6.07 Å². The topological polar surface area (TPSA) is 56.5 Å². The summed E-state index contributed by atoms with van der Waals surface area (Å²) in [6, 6.07) is 0.726. The summed E-state index contributed by atoms with van der Waals surface area (Å²) in [6.45, 7) is 0. The summed E-state index contributed by atoms with van der Waals surface area (Å²) in [6.07, 6.45) is -3.55. The first-order chi connectivity index (χ1) is 8.34. The minimum absolute atomic E-state index is 0.0810. The minimum Gasteiger partial charge on any atom is -0.465 e. The molecule has 0 saturated heterocycles. The molecule has 0 radical (unpaired) electrons. The number of aromatic nitrogens is 3. The van der Waals surface area contributed by atoms with Crippen molar-refractivity contribution in [3.05, 3.63) is 23.5 Å². The zero-order valence-electron chi connectivity index (χ0n) is 8.89. The van der Waals surface area contributed by atoms with E-state index in [0.29, 0.717) is 0 Å². The Bertz CT molecular complexity index is 623. The number of carbonyl (C=O) groups excluding carboxylic acids is 1. The monoisotopic (exact) mass is 277 g/mol. The number of carbonyl (C=O) groups is 1. The molecule has 0 N–H and O–H groups in total. The Kier molecular flexibility index (Phi) is 2.93. The summed E-state index contributed by atoms with van der Waals surface area (Å²) in [5, 5.41) is 3.64. The Labute approximate surface area is 104 Å². The van der Waals surface area contributed by atoms with Gasteiger partial charge in [-0.1, -0.05) is 0 Å². The highest BCUT2D eigenvalue weighted by atomic mass is 32.1. The van der Waals surface area contributed by atoms with E-state index in [1.165, 1.54) is 0 Å². The van der Waals surface area contributed by atoms with Crippen LogP contribution in [0, 0.1) is 0 Å². The van der Waals surface area contributed by atoms with Crippen LogP contribution in [0.25, 0.3) is 5.65 Å². The fourth-order valence-corrected chi connectivity index (χ4v) is 1.61. The zero-order chi connectivity index (χ0) is 13.5. The van der Waals surface area contributed by atoms with E-state index < -0.39 is 17.8 Å². The third-order valence-corrected chi connectivity index (χ3v) is 2.47. The van der Waals surface area contributed by atoms with Crippen LogP contribution in [0.2, 0.25) is 0 Å². The van der Waals surface area contributed by atoms with Crippen molar-refractivity contribution in [3.8, 4) is 0 Å². The van der Waals surface area contributed by atoms with Gasteiger partial charge in [-0.3, -0.25) is 0 Å². The van der Waals surface area contributed by atoms with Gasteiger partial charge in [-0.05, 0) is 0 Å². The molecule has 0 unspecified atom stereocenters. The molecule has 0 bridgehead atoms. The van der Waals surface area contributed by atoms with Crippen molar-refractivity contribution in [2.45, 2.75) is 11.2 Å². The second-order valence-corrected chi connectivity index (χ2v) is 3.74. The molecule has 5 nitrogen and oxygen atoms in total. The standard InChI is InChI=1S/C9H6F3N3O2S/c1-17-8(16)4-3-13-15-6(18)2-5(9(10,11)12)14-7(4)15/h2-3,18H,1H3. The number of thiol groups is 1. The number of alkyl halides is 3. The number of nitrogens with zero attached hydrogens (tertiary/aromatic N) is 3. The van der Waals surface area contributed by atoms with Crippen molar-refractivity contribution in [3.63, 3.8) is 0 Å². The Balaban J connectivity index is 2.72. The van der Waals surface area contributed by atoms with E-state index in [1.807, 2.05) is 0 Å². The third-order valence-electron chi connectivity index (χ3n) is 2.15. The number of esters is 1. The number of hydrogen-bond donors (Lipinski definition) is 1. The molecule has 96 valence electrons. The second kappa shape index (κ2) is 4.16. The molecule has 2 aromatic rings. The van der Waals surface area contributed by atoms with Crippen molar-refractivity contribution in [2.75, 3.05) is 7.11 Å². The van der Waals surface area contributed by atoms with Crippen LogP contribution in [0.3, 0.4) is 0 Å². The summed E-state index contributed by atoms with van der Waals surface area (Å²) in [4.78, 5) is 14.7. The van der Waals surface area contributed by atoms with E-state index in [4.69, 9.17) is 0 Å². The molecule has 18 heavy (non-hydrogen) atoms. The lowest BCUT2D eigenvalue weighted by Gasteiger charge is -2.07. The van der Waals surface area contributed by atoms with Crippen LogP contribution in [0.5, 0.6) is 0 Å². The maximum absolute atomic E-state index is 12.6. The molecule has 2 aromatic heterocycles. The highest BCUT2D eigenvalue weighted by molar-refractivity contribution is 7.80. The van der Waals surface area contributed by atoms with E-state index in [0.717, 1.165) is 23.9 Å². The third kappa shape index (κ3) is 2.01.